The molecule has 0 bridgehead atoms. The van der Waals surface area contributed by atoms with Gasteiger partial charge in [-0.25, -0.2) is 4.98 Å². The number of anilines is 1. The van der Waals surface area contributed by atoms with Crippen LogP contribution in [0.5, 0.6) is 0 Å². The Morgan fingerprint density at radius 3 is 2.73 bits per heavy atom. The fraction of sp³-hybridized carbons (Fsp3) is 0.273. The van der Waals surface area contributed by atoms with Crippen molar-refractivity contribution in [2.45, 2.75) is 31.5 Å². The van der Waals surface area contributed by atoms with E-state index in [2.05, 4.69) is 11.1 Å². The number of rotatable bonds is 8. The Bertz CT molecular complexity index is 1140. The fourth-order valence-electron chi connectivity index (χ4n) is 3.08. The van der Waals surface area contributed by atoms with Gasteiger partial charge in [0.25, 0.3) is 5.56 Å². The Labute approximate surface area is 184 Å². The lowest BCUT2D eigenvalue weighted by Crippen LogP contribution is -2.33. The smallest absolute Gasteiger partial charge is 0.262 e. The predicted molar refractivity (Wildman–Crippen MR) is 121 cm³/mol. The van der Waals surface area contributed by atoms with Crippen molar-refractivity contribution in [2.24, 2.45) is 0 Å². The van der Waals surface area contributed by atoms with Gasteiger partial charge in [-0.15, -0.1) is 0 Å². The molecule has 0 spiro atoms. The largest absolute Gasteiger partial charge is 0.311 e. The predicted octanol–water partition coefficient (Wildman–Crippen LogP) is 4.50. The van der Waals surface area contributed by atoms with Gasteiger partial charge >= 0.3 is 0 Å². The van der Waals surface area contributed by atoms with E-state index in [1.807, 2.05) is 37.3 Å². The highest BCUT2D eigenvalue weighted by Gasteiger charge is 2.18. The molecule has 1 aromatic heterocycles. The molecule has 0 fully saturated rings. The maximum atomic E-state index is 13.0. The molecule has 0 saturated carbocycles. The van der Waals surface area contributed by atoms with Crippen molar-refractivity contribution >= 4 is 45.9 Å². The van der Waals surface area contributed by atoms with Crippen LogP contribution in [-0.2, 0) is 11.3 Å². The standard InChI is InChI=1S/C22H21ClN4O2S/c1-2-12-27-21(29)18-10-9-16(23)14-19(18)25-22(27)30-15-20(28)26(13-6-11-24)17-7-4-3-5-8-17/h3-5,7-10,14H,2,6,12-13,15H2,1H3. The van der Waals surface area contributed by atoms with E-state index in [0.717, 1.165) is 12.1 Å². The van der Waals surface area contributed by atoms with Crippen LogP contribution >= 0.6 is 23.4 Å². The van der Waals surface area contributed by atoms with Crippen LogP contribution in [0.15, 0.2) is 58.5 Å². The lowest BCUT2D eigenvalue weighted by Gasteiger charge is -2.22. The van der Waals surface area contributed by atoms with E-state index in [1.54, 1.807) is 27.7 Å². The van der Waals surface area contributed by atoms with E-state index >= 15 is 0 Å². The van der Waals surface area contributed by atoms with Crippen molar-refractivity contribution < 1.29 is 4.79 Å². The zero-order chi connectivity index (χ0) is 21.5. The number of thioether (sulfide) groups is 1. The van der Waals surface area contributed by atoms with Crippen molar-refractivity contribution in [1.82, 2.24) is 9.55 Å². The van der Waals surface area contributed by atoms with Gasteiger partial charge in [-0.1, -0.05) is 48.5 Å². The molecule has 1 amide bonds. The lowest BCUT2D eigenvalue weighted by atomic mass is 10.2. The van der Waals surface area contributed by atoms with Crippen molar-refractivity contribution in [1.29, 1.82) is 5.26 Å². The molecule has 0 aliphatic rings. The summed E-state index contributed by atoms with van der Waals surface area (Å²) in [5.41, 5.74) is 1.11. The average Bonchev–Trinajstić information content (AvgIpc) is 2.75. The molecular formula is C22H21ClN4O2S. The minimum atomic E-state index is -0.148. The molecule has 0 saturated heterocycles. The number of fused-ring (bicyclic) bond motifs is 1. The zero-order valence-electron chi connectivity index (χ0n) is 16.5. The number of amides is 1. The van der Waals surface area contributed by atoms with Gasteiger partial charge in [0.1, 0.15) is 0 Å². The average molecular weight is 441 g/mol. The van der Waals surface area contributed by atoms with E-state index in [4.69, 9.17) is 16.9 Å². The van der Waals surface area contributed by atoms with Crippen molar-refractivity contribution in [3.05, 3.63) is 63.9 Å². The summed E-state index contributed by atoms with van der Waals surface area (Å²) in [5.74, 6) is -0.0485. The zero-order valence-corrected chi connectivity index (χ0v) is 18.1. The molecule has 0 radical (unpaired) electrons. The fourth-order valence-corrected chi connectivity index (χ4v) is 4.14. The summed E-state index contributed by atoms with van der Waals surface area (Å²) in [7, 11) is 0. The molecule has 3 rings (SSSR count). The van der Waals surface area contributed by atoms with Gasteiger partial charge < -0.3 is 4.90 Å². The number of carbonyl (C=O) groups is 1. The minimum absolute atomic E-state index is 0.0998. The van der Waals surface area contributed by atoms with Crippen LogP contribution in [0, 0.1) is 11.3 Å². The summed E-state index contributed by atoms with van der Waals surface area (Å²) in [6, 6.07) is 16.3. The molecule has 6 nitrogen and oxygen atoms in total. The highest BCUT2D eigenvalue weighted by Crippen LogP contribution is 2.22. The van der Waals surface area contributed by atoms with E-state index in [1.165, 1.54) is 11.8 Å². The van der Waals surface area contributed by atoms with Gasteiger partial charge in [-0.3, -0.25) is 14.2 Å². The normalized spacial score (nSPS) is 10.7. The number of hydrogen-bond acceptors (Lipinski definition) is 5. The quantitative estimate of drug-likeness (QED) is 0.380. The van der Waals surface area contributed by atoms with Crippen LogP contribution in [0.2, 0.25) is 5.02 Å². The number of para-hydroxylation sites is 1. The van der Waals surface area contributed by atoms with Crippen LogP contribution in [0.4, 0.5) is 5.69 Å². The maximum absolute atomic E-state index is 13.0. The van der Waals surface area contributed by atoms with E-state index < -0.39 is 0 Å². The lowest BCUT2D eigenvalue weighted by molar-refractivity contribution is -0.116. The summed E-state index contributed by atoms with van der Waals surface area (Å²) >= 11 is 7.29. The summed E-state index contributed by atoms with van der Waals surface area (Å²) in [6.45, 7) is 2.80. The number of hydrogen-bond donors (Lipinski definition) is 0. The van der Waals surface area contributed by atoms with E-state index in [-0.39, 0.29) is 23.6 Å². The number of nitrogens with zero attached hydrogens (tertiary/aromatic N) is 4. The minimum Gasteiger partial charge on any atom is -0.311 e. The van der Waals surface area contributed by atoms with E-state index in [0.29, 0.717) is 34.2 Å². The monoisotopic (exact) mass is 440 g/mol. The highest BCUT2D eigenvalue weighted by molar-refractivity contribution is 7.99. The molecule has 30 heavy (non-hydrogen) atoms. The number of carbonyl (C=O) groups excluding carboxylic acids is 1. The summed E-state index contributed by atoms with van der Waals surface area (Å²) in [5, 5.41) is 10.4. The van der Waals surface area contributed by atoms with Crippen molar-refractivity contribution in [2.75, 3.05) is 17.2 Å². The van der Waals surface area contributed by atoms with Gasteiger partial charge in [0.15, 0.2) is 5.16 Å². The van der Waals surface area contributed by atoms with Crippen LogP contribution in [-0.4, -0.2) is 27.8 Å². The second-order valence-corrected chi connectivity index (χ2v) is 7.97. The van der Waals surface area contributed by atoms with Gasteiger partial charge in [0.2, 0.25) is 5.91 Å². The molecule has 8 heteroatoms. The first-order valence-corrected chi connectivity index (χ1v) is 11.0. The van der Waals surface area contributed by atoms with Gasteiger partial charge in [0.05, 0.1) is 29.1 Å². The van der Waals surface area contributed by atoms with Crippen LogP contribution < -0.4 is 10.5 Å². The molecule has 154 valence electrons. The van der Waals surface area contributed by atoms with Crippen molar-refractivity contribution in [3.8, 4) is 6.07 Å². The third-order valence-corrected chi connectivity index (χ3v) is 5.67. The molecule has 0 atom stereocenters. The SMILES string of the molecule is CCCn1c(SCC(=O)N(CCC#N)c2ccccc2)nc2cc(Cl)ccc2c1=O. The Kier molecular flexibility index (Phi) is 7.50. The van der Waals surface area contributed by atoms with Crippen LogP contribution in [0.25, 0.3) is 10.9 Å². The first-order chi connectivity index (χ1) is 14.5. The van der Waals surface area contributed by atoms with Crippen LogP contribution in [0.3, 0.4) is 0 Å². The Balaban J connectivity index is 1.89. The third-order valence-electron chi connectivity index (χ3n) is 4.47. The van der Waals surface area contributed by atoms with Crippen LogP contribution in [0.1, 0.15) is 19.8 Å². The number of nitriles is 1. The number of aromatic nitrogens is 2. The Morgan fingerprint density at radius 2 is 2.03 bits per heavy atom. The topological polar surface area (TPSA) is 79.0 Å². The maximum Gasteiger partial charge on any atom is 0.262 e. The molecule has 0 aliphatic heterocycles. The molecule has 1 heterocycles. The van der Waals surface area contributed by atoms with Gasteiger partial charge in [-0.05, 0) is 36.8 Å². The first kappa shape index (κ1) is 21.9. The number of benzene rings is 2. The van der Waals surface area contributed by atoms with E-state index in [9.17, 15) is 9.59 Å². The third kappa shape index (κ3) is 5.02. The second kappa shape index (κ2) is 10.3. The van der Waals surface area contributed by atoms with Crippen molar-refractivity contribution in [3.63, 3.8) is 0 Å². The summed E-state index contributed by atoms with van der Waals surface area (Å²) in [6.07, 6.45) is 0.999. The molecule has 0 unspecified atom stereocenters. The molecule has 0 aliphatic carbocycles. The Morgan fingerprint density at radius 1 is 1.27 bits per heavy atom. The van der Waals surface area contributed by atoms with Gasteiger partial charge in [-0.2, -0.15) is 5.26 Å². The molecule has 2 aromatic carbocycles. The summed E-state index contributed by atoms with van der Waals surface area (Å²) in [4.78, 5) is 32.1. The molecule has 0 N–H and O–H groups in total. The molecule has 3 aromatic rings. The first-order valence-electron chi connectivity index (χ1n) is 9.60. The highest BCUT2D eigenvalue weighted by atomic mass is 35.5. The molecular weight excluding hydrogens is 420 g/mol. The Hall–Kier alpha value is -2.82. The number of halogens is 1. The van der Waals surface area contributed by atoms with Gasteiger partial charge in [0, 0.05) is 23.8 Å². The summed E-state index contributed by atoms with van der Waals surface area (Å²) < 4.78 is 1.61. The second-order valence-electron chi connectivity index (χ2n) is 6.59.